The van der Waals surface area contributed by atoms with Gasteiger partial charge in [-0.05, 0) is 105 Å². The zero-order valence-electron chi connectivity index (χ0n) is 74.7. The number of nitrogens with zero attached hydrogens (tertiary/aromatic N) is 14. The smallest absolute Gasteiger partial charge is 0.410 e. The molecule has 0 N–H and O–H groups in total. The molecule has 0 unspecified atom stereocenters. The first kappa shape index (κ1) is 96.6. The lowest BCUT2D eigenvalue weighted by Gasteiger charge is -2.39. The maximum Gasteiger partial charge on any atom is 0.410 e. The van der Waals surface area contributed by atoms with Crippen molar-refractivity contribution in [2.45, 2.75) is 186 Å². The summed E-state index contributed by atoms with van der Waals surface area (Å²) in [5.74, 6) is 3.31. The van der Waals surface area contributed by atoms with Crippen LogP contribution in [0.3, 0.4) is 0 Å². The number of rotatable bonds is 30. The van der Waals surface area contributed by atoms with Crippen LogP contribution in [0.2, 0.25) is 0 Å². The first-order valence-electron chi connectivity index (χ1n) is 42.4. The van der Waals surface area contributed by atoms with Crippen LogP contribution in [0.25, 0.3) is 0 Å². The molecule has 0 atom stereocenters. The maximum absolute atomic E-state index is 12.6. The lowest BCUT2D eigenvalue weighted by atomic mass is 10.1. The number of Topliss-reactive ketones (excluding diaryl/α,β-unsaturated/α-hetero) is 5. The van der Waals surface area contributed by atoms with Gasteiger partial charge < -0.3 is 48.0 Å². The van der Waals surface area contributed by atoms with Crippen molar-refractivity contribution in [2.24, 2.45) is 5.92 Å². The van der Waals surface area contributed by atoms with Crippen LogP contribution in [0.15, 0.2) is 113 Å². The third kappa shape index (κ3) is 29.0. The SMILES string of the molecule is CCC(=O)N1CC(Oc2cc(C)nc(C(=O)Cc3ccc(C)cn3)c2)C1.CCC(=O)N1CC(Oc2cc(C)nc(C(=O)Cc3nc(C)cs3)c2)C1.CCOC(=O)N1CC(Oc2cc(C)nc(C(=O)Cc3nc(C)cs3)c2)C1.Cc1cc(OC2CS(=O)(=O)C2)cc(C(=O)Cc2nc(C)cs2)n1.Cc1ccc(CC(=O)c2cc(OC3CN(C(=O)CC(C)C)C3)cc(C)n2)nc1. The zero-order valence-corrected chi connectivity index (χ0v) is 78.0. The molecule has 15 heterocycles. The van der Waals surface area contributed by atoms with E-state index in [9.17, 15) is 51.6 Å². The van der Waals surface area contributed by atoms with E-state index in [-0.39, 0.29) is 127 Å². The van der Waals surface area contributed by atoms with Crippen LogP contribution in [0.5, 0.6) is 28.7 Å². The Balaban J connectivity index is 0.000000155. The summed E-state index contributed by atoms with van der Waals surface area (Å²) < 4.78 is 56.6. The van der Waals surface area contributed by atoms with Crippen molar-refractivity contribution in [2.75, 3.05) is 70.5 Å². The van der Waals surface area contributed by atoms with E-state index in [0.29, 0.717) is 153 Å². The minimum Gasteiger partial charge on any atom is -0.488 e. The van der Waals surface area contributed by atoms with Gasteiger partial charge in [-0.25, -0.2) is 53.1 Å². The van der Waals surface area contributed by atoms with Gasteiger partial charge in [0.2, 0.25) is 17.7 Å². The highest BCUT2D eigenvalue weighted by Crippen LogP contribution is 2.29. The molecule has 31 nitrogen and oxygen atoms in total. The fourth-order valence-electron chi connectivity index (χ4n) is 13.6. The normalized spacial score (nSPS) is 14.6. The summed E-state index contributed by atoms with van der Waals surface area (Å²) in [6, 6.07) is 24.8. The molecule has 128 heavy (non-hydrogen) atoms. The molecular formula is C93H108N14O17S4. The Hall–Kier alpha value is -12.1. The molecule has 10 aromatic heterocycles. The molecule has 10 aromatic rings. The van der Waals surface area contributed by atoms with Crippen molar-refractivity contribution in [3.63, 3.8) is 0 Å². The minimum atomic E-state index is -2.94. The summed E-state index contributed by atoms with van der Waals surface area (Å²) in [6.07, 6.45) is 5.30. The quantitative estimate of drug-likeness (QED) is 0.0377. The van der Waals surface area contributed by atoms with E-state index in [1.165, 1.54) is 34.0 Å². The van der Waals surface area contributed by atoms with E-state index in [1.54, 1.807) is 83.4 Å². The Morgan fingerprint density at radius 3 is 0.898 bits per heavy atom. The number of carbonyl (C=O) groups is 9. The Labute approximate surface area is 757 Å². The van der Waals surface area contributed by atoms with Crippen molar-refractivity contribution in [3.05, 3.63) is 225 Å². The Kier molecular flexibility index (Phi) is 33.6. The lowest BCUT2D eigenvalue weighted by molar-refractivity contribution is -0.141. The number of aromatic nitrogens is 10. The van der Waals surface area contributed by atoms with Gasteiger partial charge in [-0.15, -0.1) is 34.0 Å². The van der Waals surface area contributed by atoms with E-state index in [0.717, 1.165) is 71.7 Å². The summed E-state index contributed by atoms with van der Waals surface area (Å²) in [6.45, 7) is 33.1. The molecule has 0 aliphatic carbocycles. The summed E-state index contributed by atoms with van der Waals surface area (Å²) in [5, 5.41) is 8.08. The van der Waals surface area contributed by atoms with Crippen LogP contribution in [0, 0.1) is 75.2 Å². The molecule has 0 radical (unpaired) electrons. The van der Waals surface area contributed by atoms with E-state index in [4.69, 9.17) is 28.4 Å². The predicted molar refractivity (Wildman–Crippen MR) is 483 cm³/mol. The monoisotopic (exact) mass is 1820 g/mol. The molecule has 5 aliphatic rings. The number of sulfone groups is 1. The second kappa shape index (κ2) is 44.6. The Morgan fingerprint density at radius 1 is 0.367 bits per heavy atom. The molecular weight excluding hydrogens is 1710 g/mol. The third-order valence-electron chi connectivity index (χ3n) is 20.2. The predicted octanol–water partition coefficient (Wildman–Crippen LogP) is 12.8. The molecule has 0 bridgehead atoms. The molecule has 5 aliphatic heterocycles. The molecule has 0 aromatic carbocycles. The lowest BCUT2D eigenvalue weighted by Crippen LogP contribution is -2.56. The number of pyridine rings is 7. The summed E-state index contributed by atoms with van der Waals surface area (Å²) in [4.78, 5) is 159. The van der Waals surface area contributed by atoms with Crippen molar-refractivity contribution in [1.82, 2.24) is 69.4 Å². The molecule has 5 fully saturated rings. The molecule has 0 spiro atoms. The van der Waals surface area contributed by atoms with Gasteiger partial charge in [0.05, 0.1) is 103 Å². The highest BCUT2D eigenvalue weighted by atomic mass is 32.2. The Bertz CT molecular complexity index is 5750. The summed E-state index contributed by atoms with van der Waals surface area (Å²) in [7, 11) is -2.94. The third-order valence-corrected chi connectivity index (χ3v) is 24.8. The fourth-order valence-corrected chi connectivity index (χ4v) is 17.1. The fraction of sp³-hybridized carbons (Fsp3) is 0.430. The highest BCUT2D eigenvalue weighted by Gasteiger charge is 2.38. The van der Waals surface area contributed by atoms with Gasteiger partial charge in [0.25, 0.3) is 0 Å². The number of amides is 4. The molecule has 4 amide bonds. The standard InChI is InChI=1S/C22H27N3O3.C20H23N3O3.C18H21N3O4S.C18H21N3O3S.C15H16N2O4S2/c1-14(2)7-22(27)25-12-19(13-25)28-18-8-16(4)24-20(10-18)21(26)9-17-6-5-15(3)11-23-17;1-4-20(25)23-11-17(12-23)26-16-7-14(3)22-18(9-16)19(24)8-15-6-5-13(2)10-21-15;1-4-24-18(23)21-8-14(9-21)25-13-5-11(2)19-15(6-13)16(22)7-17-20-12(3)10-26-17;1-4-18(23)21-8-14(9-21)24-13-5-11(2)19-15(6-13)16(22)7-17-20-12(3)10-25-17;1-9-3-11(21-12-7-23(19,20)8-12)4-13(16-9)14(18)5-15-17-10(2)6-22-15/h5-6,8,10-11,14,19H,7,9,12-13H2,1-4H3;5-7,9-10,17H,4,8,11-12H2,1-3H3;5-6,10,14H,4,7-9H2,1-3H3;5-6,10,14H,4,7-9H2,1-3H3;3-4,6,12H,5,7-8H2,1-2H3. The number of hydrogen-bond acceptors (Lipinski definition) is 30. The van der Waals surface area contributed by atoms with Crippen LogP contribution >= 0.6 is 34.0 Å². The zero-order chi connectivity index (χ0) is 92.2. The summed E-state index contributed by atoms with van der Waals surface area (Å²) in [5.41, 5.74) is 11.7. The van der Waals surface area contributed by atoms with Crippen molar-refractivity contribution >= 4 is 96.6 Å². The number of ketones is 5. The van der Waals surface area contributed by atoms with Gasteiger partial charge in [0, 0.05) is 165 Å². The molecule has 676 valence electrons. The molecule has 35 heteroatoms. The van der Waals surface area contributed by atoms with Crippen molar-refractivity contribution < 1.29 is 80.0 Å². The molecule has 15 rings (SSSR count). The van der Waals surface area contributed by atoms with Crippen molar-refractivity contribution in [1.29, 1.82) is 0 Å². The first-order chi connectivity index (χ1) is 60.9. The second-order valence-corrected chi connectivity index (χ2v) is 37.5. The number of thiazole rings is 3. The van der Waals surface area contributed by atoms with Gasteiger partial charge in [0.1, 0.15) is 103 Å². The van der Waals surface area contributed by atoms with E-state index in [1.807, 2.05) is 154 Å². The van der Waals surface area contributed by atoms with Crippen LogP contribution in [-0.2, 0) is 61.1 Å². The topological polar surface area (TPSA) is 385 Å². The minimum absolute atomic E-state index is 0.0239. The summed E-state index contributed by atoms with van der Waals surface area (Å²) >= 11 is 4.40. The van der Waals surface area contributed by atoms with Gasteiger partial charge >= 0.3 is 6.09 Å². The van der Waals surface area contributed by atoms with E-state index in [2.05, 4.69) is 49.8 Å². The van der Waals surface area contributed by atoms with Gasteiger partial charge in [-0.3, -0.25) is 48.3 Å². The van der Waals surface area contributed by atoms with Crippen LogP contribution < -0.4 is 23.7 Å². The number of hydrogen-bond donors (Lipinski definition) is 0. The Morgan fingerprint density at radius 2 is 0.648 bits per heavy atom. The number of likely N-dealkylation sites (tertiary alicyclic amines) is 4. The second-order valence-electron chi connectivity index (χ2n) is 32.5. The number of carbonyl (C=O) groups excluding carboxylic acids is 9. The van der Waals surface area contributed by atoms with E-state index < -0.39 is 9.84 Å². The molecule has 5 saturated heterocycles. The number of ether oxygens (including phenoxy) is 6. The van der Waals surface area contributed by atoms with E-state index >= 15 is 0 Å². The maximum atomic E-state index is 12.6. The average molecular weight is 1820 g/mol. The van der Waals surface area contributed by atoms with Crippen molar-refractivity contribution in [3.8, 4) is 28.7 Å². The average Bonchev–Trinajstić information content (AvgIpc) is 1.05. The molecule has 0 saturated carbocycles. The highest BCUT2D eigenvalue weighted by molar-refractivity contribution is 7.92. The largest absolute Gasteiger partial charge is 0.488 e. The van der Waals surface area contributed by atoms with Crippen LogP contribution in [0.4, 0.5) is 4.79 Å². The first-order valence-corrected chi connectivity index (χ1v) is 46.8. The van der Waals surface area contributed by atoms with Gasteiger partial charge in [-0.2, -0.15) is 0 Å². The van der Waals surface area contributed by atoms with Gasteiger partial charge in [0.15, 0.2) is 38.8 Å². The van der Waals surface area contributed by atoms with Crippen LogP contribution in [0.1, 0.15) is 189 Å². The number of aryl methyl sites for hydroxylation is 10. The van der Waals surface area contributed by atoms with Gasteiger partial charge in [-0.1, -0.05) is 39.8 Å². The van der Waals surface area contributed by atoms with Crippen LogP contribution in [-0.4, -0.2) is 232 Å².